The van der Waals surface area contributed by atoms with Gasteiger partial charge in [-0.3, -0.25) is 10.1 Å². The molecule has 0 saturated carbocycles. The van der Waals surface area contributed by atoms with Crippen molar-refractivity contribution in [3.05, 3.63) is 35.1 Å². The summed E-state index contributed by atoms with van der Waals surface area (Å²) in [6.45, 7) is 0.395. The van der Waals surface area contributed by atoms with E-state index in [1.165, 1.54) is 29.7 Å². The van der Waals surface area contributed by atoms with E-state index in [0.717, 1.165) is 30.8 Å². The summed E-state index contributed by atoms with van der Waals surface area (Å²) in [4.78, 5) is 21.5. The van der Waals surface area contributed by atoms with Gasteiger partial charge in [-0.25, -0.2) is 9.97 Å². The van der Waals surface area contributed by atoms with Gasteiger partial charge in [0.2, 0.25) is 0 Å². The molecule has 0 aliphatic carbocycles. The third-order valence-corrected chi connectivity index (χ3v) is 4.94. The smallest absolute Gasteiger partial charge is 0.422 e. The van der Waals surface area contributed by atoms with E-state index in [0.29, 0.717) is 11.0 Å². The second kappa shape index (κ2) is 9.34. The molecule has 11 heteroatoms. The van der Waals surface area contributed by atoms with Crippen molar-refractivity contribution in [1.29, 1.82) is 0 Å². The number of halogens is 4. The monoisotopic (exact) mass is 422 g/mol. The Balaban J connectivity index is 0.00000261. The third-order valence-electron chi connectivity index (χ3n) is 3.86. The number of rotatable bonds is 5. The van der Waals surface area contributed by atoms with Gasteiger partial charge in [-0.2, -0.15) is 13.2 Å². The van der Waals surface area contributed by atoms with E-state index in [1.54, 1.807) is 6.20 Å². The van der Waals surface area contributed by atoms with Gasteiger partial charge < -0.3 is 10.1 Å². The highest BCUT2D eigenvalue weighted by molar-refractivity contribution is 7.15. The van der Waals surface area contributed by atoms with Crippen LogP contribution < -0.4 is 15.4 Å². The zero-order chi connectivity index (χ0) is 18.6. The predicted molar refractivity (Wildman–Crippen MR) is 97.9 cm³/mol. The fourth-order valence-corrected chi connectivity index (χ4v) is 3.61. The van der Waals surface area contributed by atoms with Crippen molar-refractivity contribution in [3.63, 3.8) is 0 Å². The first-order valence-corrected chi connectivity index (χ1v) is 8.86. The first-order chi connectivity index (χ1) is 12.4. The third kappa shape index (κ3) is 6.05. The van der Waals surface area contributed by atoms with Gasteiger partial charge in [0, 0.05) is 17.3 Å². The van der Waals surface area contributed by atoms with Crippen molar-refractivity contribution in [2.45, 2.75) is 24.9 Å². The zero-order valence-corrected chi connectivity index (χ0v) is 15.7. The maximum atomic E-state index is 12.4. The number of hydrogen-bond donors (Lipinski definition) is 2. The molecule has 1 amide bonds. The molecule has 1 aliphatic rings. The maximum absolute atomic E-state index is 12.4. The molecule has 0 spiro atoms. The Morgan fingerprint density at radius 2 is 2.07 bits per heavy atom. The lowest BCUT2D eigenvalue weighted by Gasteiger charge is -2.20. The summed E-state index contributed by atoms with van der Waals surface area (Å²) in [5.41, 5.74) is -0.213. The van der Waals surface area contributed by atoms with Crippen molar-refractivity contribution >= 4 is 34.8 Å². The minimum Gasteiger partial charge on any atom is -0.482 e. The number of amides is 1. The van der Waals surface area contributed by atoms with Gasteiger partial charge in [-0.15, -0.1) is 23.7 Å². The molecular weight excluding hydrogens is 405 g/mol. The average molecular weight is 423 g/mol. The molecule has 0 radical (unpaired) electrons. The van der Waals surface area contributed by atoms with Gasteiger partial charge in [0.1, 0.15) is 0 Å². The summed E-state index contributed by atoms with van der Waals surface area (Å²) < 4.78 is 41.7. The Hall–Kier alpha value is -1.91. The van der Waals surface area contributed by atoms with Crippen LogP contribution in [-0.4, -0.2) is 41.7 Å². The highest BCUT2D eigenvalue weighted by Gasteiger charge is 2.29. The Labute approximate surface area is 164 Å². The Kier molecular flexibility index (Phi) is 7.40. The van der Waals surface area contributed by atoms with E-state index in [2.05, 4.69) is 25.3 Å². The molecule has 0 aromatic carbocycles. The van der Waals surface area contributed by atoms with E-state index in [9.17, 15) is 18.0 Å². The number of carbonyl (C=O) groups is 1. The van der Waals surface area contributed by atoms with Gasteiger partial charge in [0.15, 0.2) is 23.2 Å². The number of hydrogen-bond acceptors (Lipinski definition) is 6. The largest absolute Gasteiger partial charge is 0.482 e. The molecule has 0 atom stereocenters. The number of ether oxygens (including phenoxy) is 1. The number of anilines is 1. The van der Waals surface area contributed by atoms with Crippen LogP contribution in [0, 0.1) is 0 Å². The Bertz CT molecular complexity index is 766. The molecule has 0 unspecified atom stereocenters. The quantitative estimate of drug-likeness (QED) is 0.769. The van der Waals surface area contributed by atoms with Crippen LogP contribution in [0.25, 0.3) is 0 Å². The molecule has 1 saturated heterocycles. The fourth-order valence-electron chi connectivity index (χ4n) is 2.63. The van der Waals surface area contributed by atoms with Crippen LogP contribution in [0.15, 0.2) is 24.5 Å². The van der Waals surface area contributed by atoms with Gasteiger partial charge in [-0.1, -0.05) is 0 Å². The molecule has 3 heterocycles. The van der Waals surface area contributed by atoms with Gasteiger partial charge in [0.25, 0.3) is 5.91 Å². The van der Waals surface area contributed by atoms with E-state index in [4.69, 9.17) is 0 Å². The van der Waals surface area contributed by atoms with E-state index >= 15 is 0 Å². The lowest BCUT2D eigenvalue weighted by atomic mass is 9.97. The second-order valence-electron chi connectivity index (χ2n) is 5.80. The van der Waals surface area contributed by atoms with Crippen molar-refractivity contribution in [2.75, 3.05) is 25.0 Å². The summed E-state index contributed by atoms with van der Waals surface area (Å²) in [5.74, 6) is -0.480. The summed E-state index contributed by atoms with van der Waals surface area (Å²) >= 11 is 1.37. The normalized spacial score (nSPS) is 15.1. The predicted octanol–water partition coefficient (Wildman–Crippen LogP) is 3.62. The molecule has 6 nitrogen and oxygen atoms in total. The van der Waals surface area contributed by atoms with E-state index < -0.39 is 18.7 Å². The first-order valence-electron chi connectivity index (χ1n) is 8.05. The summed E-state index contributed by atoms with van der Waals surface area (Å²) in [5, 5.41) is 6.26. The van der Waals surface area contributed by atoms with Crippen LogP contribution in [0.3, 0.4) is 0 Å². The van der Waals surface area contributed by atoms with Crippen LogP contribution in [0.5, 0.6) is 5.75 Å². The molecular formula is C16H18ClF3N4O2S. The van der Waals surface area contributed by atoms with Gasteiger partial charge in [-0.05, 0) is 44.0 Å². The van der Waals surface area contributed by atoms with Crippen molar-refractivity contribution in [2.24, 2.45) is 0 Å². The van der Waals surface area contributed by atoms with E-state index in [1.807, 2.05) is 0 Å². The minimum absolute atomic E-state index is 0. The molecule has 2 aromatic heterocycles. The Morgan fingerprint density at radius 1 is 1.33 bits per heavy atom. The zero-order valence-electron chi connectivity index (χ0n) is 14.1. The number of aromatic nitrogens is 2. The lowest BCUT2D eigenvalue weighted by molar-refractivity contribution is -0.153. The molecule has 2 N–H and O–H groups in total. The van der Waals surface area contributed by atoms with Crippen molar-refractivity contribution in [3.8, 4) is 5.75 Å². The SMILES string of the molecule is Cl.O=C(Nc1ncc(C2CCNCC2)s1)c1ncccc1OCC(F)(F)F. The minimum atomic E-state index is -4.50. The van der Waals surface area contributed by atoms with Gasteiger partial charge in [0.05, 0.1) is 0 Å². The van der Waals surface area contributed by atoms with Crippen molar-refractivity contribution < 1.29 is 22.7 Å². The molecule has 1 aliphatic heterocycles. The molecule has 0 bridgehead atoms. The lowest BCUT2D eigenvalue weighted by Crippen LogP contribution is -2.26. The standard InChI is InChI=1S/C16H17F3N4O2S.ClH/c17-16(18,19)9-25-11-2-1-5-21-13(11)14(24)23-15-22-8-12(26-15)10-3-6-20-7-4-10;/h1-2,5,8,10,20H,3-4,6-7,9H2,(H,22,23,24);1H. The highest BCUT2D eigenvalue weighted by Crippen LogP contribution is 2.32. The summed E-state index contributed by atoms with van der Waals surface area (Å²) in [7, 11) is 0. The number of alkyl halides is 3. The number of carbonyl (C=O) groups excluding carboxylic acids is 1. The first kappa shape index (κ1) is 21.4. The fraction of sp³-hybridized carbons (Fsp3) is 0.438. The number of pyridine rings is 1. The number of piperidine rings is 1. The topological polar surface area (TPSA) is 76.1 Å². The molecule has 2 aromatic rings. The van der Waals surface area contributed by atoms with Crippen molar-refractivity contribution in [1.82, 2.24) is 15.3 Å². The number of thiazole rings is 1. The van der Waals surface area contributed by atoms with E-state index in [-0.39, 0.29) is 23.9 Å². The van der Waals surface area contributed by atoms with Crippen LogP contribution in [-0.2, 0) is 0 Å². The summed E-state index contributed by atoms with van der Waals surface area (Å²) in [6, 6.07) is 2.68. The second-order valence-corrected chi connectivity index (χ2v) is 6.86. The summed E-state index contributed by atoms with van der Waals surface area (Å²) in [6.07, 6.45) is 0.562. The Morgan fingerprint density at radius 3 is 2.78 bits per heavy atom. The van der Waals surface area contributed by atoms with Gasteiger partial charge >= 0.3 is 6.18 Å². The molecule has 3 rings (SSSR count). The van der Waals surface area contributed by atoms with Crippen LogP contribution in [0.2, 0.25) is 0 Å². The van der Waals surface area contributed by atoms with Crippen LogP contribution >= 0.6 is 23.7 Å². The maximum Gasteiger partial charge on any atom is 0.422 e. The molecule has 1 fully saturated rings. The molecule has 148 valence electrons. The number of nitrogens with zero attached hydrogens (tertiary/aromatic N) is 2. The highest BCUT2D eigenvalue weighted by atomic mass is 35.5. The van der Waals surface area contributed by atoms with Crippen LogP contribution in [0.1, 0.15) is 34.1 Å². The molecule has 27 heavy (non-hydrogen) atoms. The number of nitrogens with one attached hydrogen (secondary N) is 2. The average Bonchev–Trinajstić information content (AvgIpc) is 3.09. The van der Waals surface area contributed by atoms with Crippen LogP contribution in [0.4, 0.5) is 18.3 Å².